The number of rotatable bonds is 4. The van der Waals surface area contributed by atoms with Crippen LogP contribution < -0.4 is 10.5 Å². The second-order valence-electron chi connectivity index (χ2n) is 3.02. The van der Waals surface area contributed by atoms with Crippen LogP contribution in [0.5, 0.6) is 5.75 Å². The Morgan fingerprint density at radius 3 is 3.00 bits per heavy atom. The first kappa shape index (κ1) is 10.1. The Bertz CT molecular complexity index is 414. The Kier molecular flexibility index (Phi) is 3.32. The molecule has 0 atom stereocenters. The fourth-order valence-corrected chi connectivity index (χ4v) is 1.87. The van der Waals surface area contributed by atoms with Gasteiger partial charge >= 0.3 is 0 Å². The number of hydrogen-bond donors (Lipinski definition) is 1. The SMILES string of the molecule is NCc1ncccc1OCc1cccs1. The third kappa shape index (κ3) is 2.55. The van der Waals surface area contributed by atoms with Crippen LogP contribution in [0.15, 0.2) is 35.8 Å². The Hall–Kier alpha value is -1.39. The lowest BCUT2D eigenvalue weighted by atomic mass is 10.3. The first-order chi connectivity index (χ1) is 7.40. The number of pyridine rings is 1. The molecule has 2 rings (SSSR count). The van der Waals surface area contributed by atoms with E-state index in [1.165, 1.54) is 4.88 Å². The van der Waals surface area contributed by atoms with E-state index in [4.69, 9.17) is 10.5 Å². The average molecular weight is 220 g/mol. The normalized spacial score (nSPS) is 10.2. The van der Waals surface area contributed by atoms with Crippen LogP contribution in [-0.2, 0) is 13.2 Å². The molecule has 2 aromatic heterocycles. The van der Waals surface area contributed by atoms with Crippen molar-refractivity contribution < 1.29 is 4.74 Å². The Morgan fingerprint density at radius 2 is 2.27 bits per heavy atom. The number of ether oxygens (including phenoxy) is 1. The van der Waals surface area contributed by atoms with Crippen molar-refractivity contribution in [3.63, 3.8) is 0 Å². The van der Waals surface area contributed by atoms with Crippen molar-refractivity contribution in [3.05, 3.63) is 46.4 Å². The molecule has 0 saturated heterocycles. The quantitative estimate of drug-likeness (QED) is 0.859. The van der Waals surface area contributed by atoms with Gasteiger partial charge in [-0.05, 0) is 23.6 Å². The summed E-state index contributed by atoms with van der Waals surface area (Å²) in [5.74, 6) is 0.772. The molecule has 0 spiro atoms. The predicted molar refractivity (Wildman–Crippen MR) is 60.8 cm³/mol. The molecular weight excluding hydrogens is 208 g/mol. The van der Waals surface area contributed by atoms with Gasteiger partial charge in [0.2, 0.25) is 0 Å². The van der Waals surface area contributed by atoms with Crippen LogP contribution in [0, 0.1) is 0 Å². The minimum Gasteiger partial charge on any atom is -0.486 e. The van der Waals surface area contributed by atoms with Gasteiger partial charge < -0.3 is 10.5 Å². The minimum atomic E-state index is 0.403. The van der Waals surface area contributed by atoms with Gasteiger partial charge in [0.15, 0.2) is 0 Å². The van der Waals surface area contributed by atoms with Crippen LogP contribution in [0.3, 0.4) is 0 Å². The fourth-order valence-electron chi connectivity index (χ4n) is 1.25. The lowest BCUT2D eigenvalue weighted by molar-refractivity contribution is 0.305. The third-order valence-electron chi connectivity index (χ3n) is 1.99. The van der Waals surface area contributed by atoms with Gasteiger partial charge in [-0.1, -0.05) is 6.07 Å². The van der Waals surface area contributed by atoms with Gasteiger partial charge in [-0.15, -0.1) is 11.3 Å². The topological polar surface area (TPSA) is 48.1 Å². The van der Waals surface area contributed by atoms with Crippen molar-refractivity contribution in [2.75, 3.05) is 0 Å². The van der Waals surface area contributed by atoms with E-state index in [0.29, 0.717) is 13.2 Å². The molecule has 0 aliphatic carbocycles. The number of nitrogens with zero attached hydrogens (tertiary/aromatic N) is 1. The van der Waals surface area contributed by atoms with E-state index in [1.807, 2.05) is 29.6 Å². The van der Waals surface area contributed by atoms with Gasteiger partial charge in [-0.3, -0.25) is 4.98 Å². The molecule has 0 radical (unpaired) electrons. The van der Waals surface area contributed by atoms with E-state index in [1.54, 1.807) is 17.5 Å². The summed E-state index contributed by atoms with van der Waals surface area (Å²) < 4.78 is 5.64. The molecule has 4 heteroatoms. The number of nitrogens with two attached hydrogens (primary N) is 1. The maximum Gasteiger partial charge on any atom is 0.142 e. The van der Waals surface area contributed by atoms with E-state index in [9.17, 15) is 0 Å². The molecule has 15 heavy (non-hydrogen) atoms. The van der Waals surface area contributed by atoms with Gasteiger partial charge in [0.1, 0.15) is 12.4 Å². The molecule has 78 valence electrons. The van der Waals surface area contributed by atoms with E-state index in [2.05, 4.69) is 4.98 Å². The van der Waals surface area contributed by atoms with Crippen molar-refractivity contribution in [2.45, 2.75) is 13.2 Å². The molecule has 0 bridgehead atoms. The molecule has 2 heterocycles. The van der Waals surface area contributed by atoms with Gasteiger partial charge in [-0.25, -0.2) is 0 Å². The molecule has 2 N–H and O–H groups in total. The largest absolute Gasteiger partial charge is 0.486 e. The molecule has 0 amide bonds. The van der Waals surface area contributed by atoms with Crippen LogP contribution in [0.4, 0.5) is 0 Å². The van der Waals surface area contributed by atoms with Crippen molar-refractivity contribution in [1.29, 1.82) is 0 Å². The number of hydrogen-bond acceptors (Lipinski definition) is 4. The summed E-state index contributed by atoms with van der Waals surface area (Å²) >= 11 is 1.68. The van der Waals surface area contributed by atoms with Gasteiger partial charge in [0, 0.05) is 17.6 Å². The van der Waals surface area contributed by atoms with Crippen LogP contribution in [0.1, 0.15) is 10.6 Å². The van der Waals surface area contributed by atoms with Crippen LogP contribution in [0.25, 0.3) is 0 Å². The average Bonchev–Trinajstić information content (AvgIpc) is 2.79. The summed E-state index contributed by atoms with van der Waals surface area (Å²) in [7, 11) is 0. The maximum absolute atomic E-state index is 5.64. The van der Waals surface area contributed by atoms with Crippen molar-refractivity contribution in [1.82, 2.24) is 4.98 Å². The Labute approximate surface area is 92.5 Å². The zero-order chi connectivity index (χ0) is 10.5. The highest BCUT2D eigenvalue weighted by Crippen LogP contribution is 2.17. The molecule has 0 aliphatic rings. The van der Waals surface area contributed by atoms with Gasteiger partial charge in [0.05, 0.1) is 5.69 Å². The summed E-state index contributed by atoms with van der Waals surface area (Å²) in [5, 5.41) is 2.03. The zero-order valence-electron chi connectivity index (χ0n) is 8.22. The molecule has 3 nitrogen and oxygen atoms in total. The van der Waals surface area contributed by atoms with E-state index in [-0.39, 0.29) is 0 Å². The zero-order valence-corrected chi connectivity index (χ0v) is 9.04. The molecule has 2 aromatic rings. The van der Waals surface area contributed by atoms with Gasteiger partial charge in [-0.2, -0.15) is 0 Å². The lowest BCUT2D eigenvalue weighted by Gasteiger charge is -2.07. The molecule has 0 aromatic carbocycles. The highest BCUT2D eigenvalue weighted by Gasteiger charge is 2.02. The highest BCUT2D eigenvalue weighted by atomic mass is 32.1. The van der Waals surface area contributed by atoms with Crippen molar-refractivity contribution in [2.24, 2.45) is 5.73 Å². The molecular formula is C11H12N2OS. The van der Waals surface area contributed by atoms with Crippen LogP contribution in [-0.4, -0.2) is 4.98 Å². The number of thiophene rings is 1. The van der Waals surface area contributed by atoms with Gasteiger partial charge in [0.25, 0.3) is 0 Å². The van der Waals surface area contributed by atoms with Crippen LogP contribution in [0.2, 0.25) is 0 Å². The lowest BCUT2D eigenvalue weighted by Crippen LogP contribution is -2.03. The predicted octanol–water partition coefficient (Wildman–Crippen LogP) is 2.18. The third-order valence-corrected chi connectivity index (χ3v) is 2.84. The summed E-state index contributed by atoms with van der Waals surface area (Å²) in [4.78, 5) is 5.35. The van der Waals surface area contributed by atoms with E-state index in [0.717, 1.165) is 11.4 Å². The standard InChI is InChI=1S/C11H12N2OS/c12-7-10-11(4-1-5-13-10)14-8-9-3-2-6-15-9/h1-6H,7-8,12H2. The van der Waals surface area contributed by atoms with Crippen molar-refractivity contribution in [3.8, 4) is 5.75 Å². The second-order valence-corrected chi connectivity index (χ2v) is 4.05. The minimum absolute atomic E-state index is 0.403. The Balaban J connectivity index is 2.04. The first-order valence-corrected chi connectivity index (χ1v) is 5.57. The molecule has 0 saturated carbocycles. The smallest absolute Gasteiger partial charge is 0.142 e. The highest BCUT2D eigenvalue weighted by molar-refractivity contribution is 7.09. The number of aromatic nitrogens is 1. The summed E-state index contributed by atoms with van der Waals surface area (Å²) in [5.41, 5.74) is 6.36. The second kappa shape index (κ2) is 4.91. The van der Waals surface area contributed by atoms with E-state index >= 15 is 0 Å². The van der Waals surface area contributed by atoms with E-state index < -0.39 is 0 Å². The maximum atomic E-state index is 5.64. The summed E-state index contributed by atoms with van der Waals surface area (Å²) in [6.07, 6.45) is 1.72. The first-order valence-electron chi connectivity index (χ1n) is 4.69. The molecule has 0 aliphatic heterocycles. The molecule has 0 fully saturated rings. The van der Waals surface area contributed by atoms with Crippen molar-refractivity contribution >= 4 is 11.3 Å². The Morgan fingerprint density at radius 1 is 1.33 bits per heavy atom. The summed E-state index contributed by atoms with van der Waals surface area (Å²) in [6, 6.07) is 7.80. The fraction of sp³-hybridized carbons (Fsp3) is 0.182. The van der Waals surface area contributed by atoms with Crippen LogP contribution >= 0.6 is 11.3 Å². The monoisotopic (exact) mass is 220 g/mol. The summed E-state index contributed by atoms with van der Waals surface area (Å²) in [6.45, 7) is 0.983. The molecule has 0 unspecified atom stereocenters.